The first-order chi connectivity index (χ1) is 9.70. The van der Waals surface area contributed by atoms with Crippen molar-refractivity contribution in [3.05, 3.63) is 48.3 Å². The molecule has 0 fully saturated rings. The third-order valence-corrected chi connectivity index (χ3v) is 2.67. The minimum atomic E-state index is -0.232. The summed E-state index contributed by atoms with van der Waals surface area (Å²) in [6, 6.07) is 8.71. The van der Waals surface area contributed by atoms with Crippen molar-refractivity contribution in [2.24, 2.45) is 0 Å². The van der Waals surface area contributed by atoms with E-state index in [2.05, 4.69) is 10.3 Å². The van der Waals surface area contributed by atoms with Gasteiger partial charge in [0, 0.05) is 11.8 Å². The zero-order valence-electron chi connectivity index (χ0n) is 11.3. The van der Waals surface area contributed by atoms with Gasteiger partial charge in [-0.15, -0.1) is 0 Å². The zero-order chi connectivity index (χ0) is 14.4. The fourth-order valence-corrected chi connectivity index (χ4v) is 1.66. The van der Waals surface area contributed by atoms with E-state index in [1.165, 1.54) is 6.20 Å². The molecule has 2 aromatic rings. The molecule has 104 valence electrons. The number of rotatable bonds is 5. The molecule has 0 aliphatic rings. The van der Waals surface area contributed by atoms with Gasteiger partial charge in [-0.05, 0) is 30.7 Å². The first kappa shape index (κ1) is 13.9. The van der Waals surface area contributed by atoms with E-state index in [-0.39, 0.29) is 5.91 Å². The Bertz CT molecular complexity index is 599. The number of amides is 1. The third kappa shape index (κ3) is 3.47. The van der Waals surface area contributed by atoms with Crippen molar-refractivity contribution >= 4 is 17.3 Å². The van der Waals surface area contributed by atoms with Crippen LogP contribution in [0.3, 0.4) is 0 Å². The van der Waals surface area contributed by atoms with E-state index in [1.54, 1.807) is 30.5 Å². The molecule has 0 atom stereocenters. The van der Waals surface area contributed by atoms with Crippen molar-refractivity contribution in [1.29, 1.82) is 0 Å². The largest absolute Gasteiger partial charge is 0.494 e. The van der Waals surface area contributed by atoms with Crippen LogP contribution >= 0.6 is 0 Å². The summed E-state index contributed by atoms with van der Waals surface area (Å²) in [5.74, 6) is 0.451. The first-order valence-electron chi connectivity index (χ1n) is 6.44. The second-order valence-electron chi connectivity index (χ2n) is 4.29. The van der Waals surface area contributed by atoms with E-state index in [0.717, 1.165) is 6.42 Å². The Morgan fingerprint density at radius 1 is 1.40 bits per heavy atom. The van der Waals surface area contributed by atoms with Gasteiger partial charge in [-0.3, -0.25) is 9.78 Å². The lowest BCUT2D eigenvalue weighted by atomic mass is 10.2. The number of hydrogen-bond donors (Lipinski definition) is 2. The third-order valence-electron chi connectivity index (χ3n) is 2.67. The monoisotopic (exact) mass is 271 g/mol. The maximum Gasteiger partial charge on any atom is 0.255 e. The van der Waals surface area contributed by atoms with Crippen LogP contribution in [0.15, 0.2) is 42.7 Å². The number of nitrogens with two attached hydrogens (primary N) is 1. The lowest BCUT2D eigenvalue weighted by Gasteiger charge is -2.09. The zero-order valence-corrected chi connectivity index (χ0v) is 11.3. The van der Waals surface area contributed by atoms with Crippen molar-refractivity contribution in [2.75, 3.05) is 17.7 Å². The summed E-state index contributed by atoms with van der Waals surface area (Å²) in [5, 5.41) is 2.75. The van der Waals surface area contributed by atoms with E-state index >= 15 is 0 Å². The van der Waals surface area contributed by atoms with E-state index in [0.29, 0.717) is 29.3 Å². The Balaban J connectivity index is 2.11. The average molecular weight is 271 g/mol. The number of carbonyl (C=O) groups excluding carboxylic acids is 1. The van der Waals surface area contributed by atoms with Crippen LogP contribution in [-0.2, 0) is 0 Å². The van der Waals surface area contributed by atoms with Gasteiger partial charge in [-0.25, -0.2) is 0 Å². The molecule has 0 spiro atoms. The van der Waals surface area contributed by atoms with Crippen molar-refractivity contribution in [3.8, 4) is 5.75 Å². The fourth-order valence-electron chi connectivity index (χ4n) is 1.66. The number of nitrogens with zero attached hydrogens (tertiary/aromatic N) is 1. The molecule has 0 saturated heterocycles. The molecule has 5 heteroatoms. The Kier molecular flexibility index (Phi) is 4.55. The summed E-state index contributed by atoms with van der Waals surface area (Å²) in [5.41, 5.74) is 7.24. The van der Waals surface area contributed by atoms with Crippen molar-refractivity contribution in [2.45, 2.75) is 13.3 Å². The van der Waals surface area contributed by atoms with E-state index in [1.807, 2.05) is 13.0 Å². The number of nitrogen functional groups attached to an aromatic ring is 1. The molecule has 0 unspecified atom stereocenters. The highest BCUT2D eigenvalue weighted by Gasteiger charge is 2.08. The van der Waals surface area contributed by atoms with Crippen molar-refractivity contribution in [1.82, 2.24) is 4.98 Å². The lowest BCUT2D eigenvalue weighted by Crippen LogP contribution is -2.13. The molecule has 3 N–H and O–H groups in total. The smallest absolute Gasteiger partial charge is 0.255 e. The summed E-state index contributed by atoms with van der Waals surface area (Å²) in [4.78, 5) is 16.0. The van der Waals surface area contributed by atoms with Crippen molar-refractivity contribution in [3.63, 3.8) is 0 Å². The summed E-state index contributed by atoms with van der Waals surface area (Å²) >= 11 is 0. The normalized spacial score (nSPS) is 10.1. The molecule has 0 aliphatic heterocycles. The highest BCUT2D eigenvalue weighted by Crippen LogP contribution is 2.18. The van der Waals surface area contributed by atoms with E-state index in [4.69, 9.17) is 10.5 Å². The molecular formula is C15H17N3O2. The Morgan fingerprint density at radius 3 is 3.00 bits per heavy atom. The van der Waals surface area contributed by atoms with Crippen LogP contribution < -0.4 is 15.8 Å². The molecule has 1 amide bonds. The molecule has 20 heavy (non-hydrogen) atoms. The van der Waals surface area contributed by atoms with Gasteiger partial charge in [-0.1, -0.05) is 13.0 Å². The molecule has 0 bridgehead atoms. The number of aromatic nitrogens is 1. The Hall–Kier alpha value is -2.56. The van der Waals surface area contributed by atoms with Crippen LogP contribution in [-0.4, -0.2) is 17.5 Å². The summed E-state index contributed by atoms with van der Waals surface area (Å²) < 4.78 is 5.51. The highest BCUT2D eigenvalue weighted by atomic mass is 16.5. The van der Waals surface area contributed by atoms with Crippen LogP contribution in [0.5, 0.6) is 5.75 Å². The number of carbonyl (C=O) groups is 1. The SMILES string of the molecule is CCCOc1cccc(C(=O)Nc2ccncc2N)c1. The van der Waals surface area contributed by atoms with Gasteiger partial charge in [-0.2, -0.15) is 0 Å². The molecular weight excluding hydrogens is 254 g/mol. The van der Waals surface area contributed by atoms with E-state index < -0.39 is 0 Å². The Labute approximate surface area is 117 Å². The summed E-state index contributed by atoms with van der Waals surface area (Å²) in [7, 11) is 0. The first-order valence-corrected chi connectivity index (χ1v) is 6.44. The second kappa shape index (κ2) is 6.56. The Morgan fingerprint density at radius 2 is 2.25 bits per heavy atom. The predicted molar refractivity (Wildman–Crippen MR) is 78.8 cm³/mol. The number of benzene rings is 1. The number of nitrogens with one attached hydrogen (secondary N) is 1. The molecule has 0 saturated carbocycles. The maximum absolute atomic E-state index is 12.1. The van der Waals surface area contributed by atoms with Gasteiger partial charge >= 0.3 is 0 Å². The standard InChI is InChI=1S/C15H17N3O2/c1-2-8-20-12-5-3-4-11(9-12)15(19)18-14-6-7-17-10-13(14)16/h3-7,9-10H,2,8,16H2,1H3,(H,17,18,19). The van der Waals surface area contributed by atoms with Gasteiger partial charge in [0.1, 0.15) is 5.75 Å². The molecule has 5 nitrogen and oxygen atoms in total. The number of pyridine rings is 1. The summed E-state index contributed by atoms with van der Waals surface area (Å²) in [6.45, 7) is 2.66. The van der Waals surface area contributed by atoms with Crippen LogP contribution in [0, 0.1) is 0 Å². The maximum atomic E-state index is 12.1. The van der Waals surface area contributed by atoms with Crippen LogP contribution in [0.25, 0.3) is 0 Å². The van der Waals surface area contributed by atoms with Gasteiger partial charge < -0.3 is 15.8 Å². The van der Waals surface area contributed by atoms with E-state index in [9.17, 15) is 4.79 Å². The topological polar surface area (TPSA) is 77.2 Å². The predicted octanol–water partition coefficient (Wildman–Crippen LogP) is 2.70. The van der Waals surface area contributed by atoms with Crippen LogP contribution in [0.4, 0.5) is 11.4 Å². The van der Waals surface area contributed by atoms with Crippen LogP contribution in [0.1, 0.15) is 23.7 Å². The minimum absolute atomic E-state index is 0.232. The molecule has 1 aromatic carbocycles. The van der Waals surface area contributed by atoms with Gasteiger partial charge in [0.2, 0.25) is 0 Å². The minimum Gasteiger partial charge on any atom is -0.494 e. The number of anilines is 2. The number of ether oxygens (including phenoxy) is 1. The van der Waals surface area contributed by atoms with Crippen molar-refractivity contribution < 1.29 is 9.53 Å². The molecule has 1 aromatic heterocycles. The highest BCUT2D eigenvalue weighted by molar-refractivity contribution is 6.05. The van der Waals surface area contributed by atoms with Crippen LogP contribution in [0.2, 0.25) is 0 Å². The molecule has 2 rings (SSSR count). The average Bonchev–Trinajstić information content (AvgIpc) is 2.48. The summed E-state index contributed by atoms with van der Waals surface area (Å²) in [6.07, 6.45) is 3.99. The molecule has 0 radical (unpaired) electrons. The second-order valence-corrected chi connectivity index (χ2v) is 4.29. The quantitative estimate of drug-likeness (QED) is 0.876. The lowest BCUT2D eigenvalue weighted by molar-refractivity contribution is 0.102. The number of hydrogen-bond acceptors (Lipinski definition) is 4. The molecule has 1 heterocycles. The molecule has 0 aliphatic carbocycles. The van der Waals surface area contributed by atoms with Gasteiger partial charge in [0.25, 0.3) is 5.91 Å². The fraction of sp³-hybridized carbons (Fsp3) is 0.200. The van der Waals surface area contributed by atoms with Gasteiger partial charge in [0.15, 0.2) is 0 Å². The van der Waals surface area contributed by atoms with Gasteiger partial charge in [0.05, 0.1) is 24.2 Å².